The molecule has 0 aliphatic heterocycles. The predicted molar refractivity (Wildman–Crippen MR) is 79.3 cm³/mol. The first-order valence-corrected chi connectivity index (χ1v) is 9.59. The minimum absolute atomic E-state index is 0.797. The highest BCUT2D eigenvalue weighted by Crippen LogP contribution is 2.17. The van der Waals surface area contributed by atoms with Gasteiger partial charge in [0.1, 0.15) is 0 Å². The average molecular weight is 273 g/mol. The summed E-state index contributed by atoms with van der Waals surface area (Å²) in [6.45, 7) is 6.89. The normalized spacial score (nSPS) is 17.5. The summed E-state index contributed by atoms with van der Waals surface area (Å²) < 4.78 is 11.4. The van der Waals surface area contributed by atoms with Gasteiger partial charge in [0, 0.05) is 19.3 Å². The highest BCUT2D eigenvalue weighted by molar-refractivity contribution is 6.44. The number of unbranched alkanes of at least 4 members (excludes halogenated alkanes) is 1. The topological polar surface area (TPSA) is 30.5 Å². The Balaban J connectivity index is 1.95. The molecule has 0 heterocycles. The number of hydrogen-bond donors (Lipinski definition) is 1. The van der Waals surface area contributed by atoms with E-state index < -0.39 is 9.28 Å². The summed E-state index contributed by atoms with van der Waals surface area (Å²) in [5.74, 6) is 0. The van der Waals surface area contributed by atoms with Gasteiger partial charge in [0.2, 0.25) is 0 Å². The van der Waals surface area contributed by atoms with Gasteiger partial charge in [-0.05, 0) is 45.7 Å². The maximum absolute atomic E-state index is 5.68. The molecule has 0 atom stereocenters. The van der Waals surface area contributed by atoms with Gasteiger partial charge < -0.3 is 14.2 Å². The molecule has 0 amide bonds. The van der Waals surface area contributed by atoms with Crippen LogP contribution in [0.1, 0.15) is 58.8 Å². The summed E-state index contributed by atoms with van der Waals surface area (Å²) in [5.41, 5.74) is 0. The third-order valence-electron chi connectivity index (χ3n) is 3.61. The van der Waals surface area contributed by atoms with Crippen molar-refractivity contribution < 1.29 is 8.85 Å². The average Bonchev–Trinajstić information content (AvgIpc) is 2.40. The second-order valence-electron chi connectivity index (χ2n) is 5.13. The lowest BCUT2D eigenvalue weighted by molar-refractivity contribution is 0.212. The summed E-state index contributed by atoms with van der Waals surface area (Å²) in [4.78, 5) is 0. The third kappa shape index (κ3) is 7.51. The van der Waals surface area contributed by atoms with Crippen LogP contribution in [0, 0.1) is 0 Å². The number of hydrogen-bond acceptors (Lipinski definition) is 3. The molecule has 108 valence electrons. The molecule has 1 N–H and O–H groups in total. The maximum Gasteiger partial charge on any atom is 0.321 e. The summed E-state index contributed by atoms with van der Waals surface area (Å²) in [6, 6.07) is 1.96. The SMILES string of the molecule is CCO[SiH](CCCCNC1CCCCC1)OCC. The van der Waals surface area contributed by atoms with Crippen LogP contribution in [0.3, 0.4) is 0 Å². The summed E-state index contributed by atoms with van der Waals surface area (Å²) in [6.07, 6.45) is 9.55. The van der Waals surface area contributed by atoms with Crippen LogP contribution in [0.15, 0.2) is 0 Å². The van der Waals surface area contributed by atoms with Crippen LogP contribution in [-0.2, 0) is 8.85 Å². The van der Waals surface area contributed by atoms with Gasteiger partial charge in [0.05, 0.1) is 0 Å². The van der Waals surface area contributed by atoms with Crippen LogP contribution < -0.4 is 5.32 Å². The Morgan fingerprint density at radius 2 is 1.67 bits per heavy atom. The van der Waals surface area contributed by atoms with Crippen LogP contribution in [-0.4, -0.2) is 35.1 Å². The molecule has 0 unspecified atom stereocenters. The van der Waals surface area contributed by atoms with Gasteiger partial charge in [-0.25, -0.2) is 0 Å². The molecule has 1 fully saturated rings. The van der Waals surface area contributed by atoms with Crippen LogP contribution in [0.2, 0.25) is 6.04 Å². The van der Waals surface area contributed by atoms with Crippen molar-refractivity contribution in [3.63, 3.8) is 0 Å². The quantitative estimate of drug-likeness (QED) is 0.490. The van der Waals surface area contributed by atoms with Crippen molar-refractivity contribution in [2.75, 3.05) is 19.8 Å². The molecule has 18 heavy (non-hydrogen) atoms. The smallest absolute Gasteiger partial charge is 0.321 e. The van der Waals surface area contributed by atoms with Crippen LogP contribution in [0.25, 0.3) is 0 Å². The highest BCUT2D eigenvalue weighted by atomic mass is 28.3. The minimum atomic E-state index is -1.34. The van der Waals surface area contributed by atoms with Crippen molar-refractivity contribution in [1.29, 1.82) is 0 Å². The molecule has 4 heteroatoms. The predicted octanol–water partition coefficient (Wildman–Crippen LogP) is 2.98. The molecule has 0 spiro atoms. The van der Waals surface area contributed by atoms with E-state index in [-0.39, 0.29) is 0 Å². The summed E-state index contributed by atoms with van der Waals surface area (Å²) in [7, 11) is -1.34. The third-order valence-corrected chi connectivity index (χ3v) is 5.90. The molecule has 0 radical (unpaired) electrons. The lowest BCUT2D eigenvalue weighted by Gasteiger charge is -2.23. The lowest BCUT2D eigenvalue weighted by atomic mass is 9.95. The van der Waals surface area contributed by atoms with Gasteiger partial charge in [-0.3, -0.25) is 0 Å². The van der Waals surface area contributed by atoms with Gasteiger partial charge in [-0.2, -0.15) is 0 Å². The maximum atomic E-state index is 5.68. The fourth-order valence-corrected chi connectivity index (χ4v) is 4.43. The fourth-order valence-electron chi connectivity index (χ4n) is 2.64. The lowest BCUT2D eigenvalue weighted by Crippen LogP contribution is -2.32. The van der Waals surface area contributed by atoms with Crippen molar-refractivity contribution in [2.45, 2.75) is 70.9 Å². The molecule has 0 bridgehead atoms. The molecular weight excluding hydrogens is 242 g/mol. The van der Waals surface area contributed by atoms with Crippen molar-refractivity contribution in [3.05, 3.63) is 0 Å². The molecular formula is C14H31NO2Si. The summed E-state index contributed by atoms with van der Waals surface area (Å²) in [5, 5.41) is 3.69. The van der Waals surface area contributed by atoms with E-state index in [2.05, 4.69) is 19.2 Å². The zero-order valence-corrected chi connectivity index (χ0v) is 13.4. The Kier molecular flexibility index (Phi) is 9.84. The van der Waals surface area contributed by atoms with E-state index in [4.69, 9.17) is 8.85 Å². The zero-order chi connectivity index (χ0) is 13.1. The second-order valence-corrected chi connectivity index (χ2v) is 7.23. The fraction of sp³-hybridized carbons (Fsp3) is 1.00. The molecule has 1 aliphatic carbocycles. The highest BCUT2D eigenvalue weighted by Gasteiger charge is 2.13. The van der Waals surface area contributed by atoms with Crippen molar-refractivity contribution in [1.82, 2.24) is 5.32 Å². The van der Waals surface area contributed by atoms with Crippen LogP contribution in [0.5, 0.6) is 0 Å². The first-order valence-electron chi connectivity index (χ1n) is 7.83. The standard InChI is InChI=1S/C14H31NO2Si/c1-3-16-18(17-4-2)13-9-8-12-15-14-10-6-5-7-11-14/h14-15,18H,3-13H2,1-2H3. The Morgan fingerprint density at radius 3 is 2.28 bits per heavy atom. The van der Waals surface area contributed by atoms with E-state index >= 15 is 0 Å². The van der Waals surface area contributed by atoms with Crippen molar-refractivity contribution in [3.8, 4) is 0 Å². The Bertz CT molecular complexity index is 181. The molecule has 0 saturated heterocycles. The molecule has 0 aromatic carbocycles. The molecule has 1 rings (SSSR count). The Hall–Kier alpha value is 0.0969. The van der Waals surface area contributed by atoms with Crippen LogP contribution >= 0.6 is 0 Å². The van der Waals surface area contributed by atoms with Gasteiger partial charge in [0.25, 0.3) is 0 Å². The van der Waals surface area contributed by atoms with Gasteiger partial charge in [0.15, 0.2) is 0 Å². The molecule has 0 aromatic heterocycles. The van der Waals surface area contributed by atoms with Crippen molar-refractivity contribution in [2.24, 2.45) is 0 Å². The molecule has 3 nitrogen and oxygen atoms in total. The van der Waals surface area contributed by atoms with Gasteiger partial charge in [-0.1, -0.05) is 25.7 Å². The summed E-state index contributed by atoms with van der Waals surface area (Å²) >= 11 is 0. The second kappa shape index (κ2) is 11.0. The van der Waals surface area contributed by atoms with Crippen molar-refractivity contribution >= 4 is 9.28 Å². The Morgan fingerprint density at radius 1 is 1.00 bits per heavy atom. The zero-order valence-electron chi connectivity index (χ0n) is 12.2. The van der Waals surface area contributed by atoms with Gasteiger partial charge in [-0.15, -0.1) is 0 Å². The Labute approximate surface area is 114 Å². The van der Waals surface area contributed by atoms with E-state index in [1.54, 1.807) is 0 Å². The number of rotatable bonds is 10. The molecule has 1 saturated carbocycles. The first kappa shape index (κ1) is 16.2. The van der Waals surface area contributed by atoms with E-state index in [0.29, 0.717) is 0 Å². The minimum Gasteiger partial charge on any atom is -0.397 e. The largest absolute Gasteiger partial charge is 0.397 e. The van der Waals surface area contributed by atoms with E-state index in [1.165, 1.54) is 51.5 Å². The molecule has 1 aliphatic rings. The van der Waals surface area contributed by atoms with Gasteiger partial charge >= 0.3 is 9.28 Å². The first-order chi connectivity index (χ1) is 8.86. The monoisotopic (exact) mass is 273 g/mol. The van der Waals surface area contributed by atoms with E-state index in [1.807, 2.05) is 0 Å². The van der Waals surface area contributed by atoms with E-state index in [9.17, 15) is 0 Å². The van der Waals surface area contributed by atoms with Crippen LogP contribution in [0.4, 0.5) is 0 Å². The molecule has 0 aromatic rings. The van der Waals surface area contributed by atoms with E-state index in [0.717, 1.165) is 25.3 Å². The number of nitrogens with one attached hydrogen (secondary N) is 1.